The highest BCUT2D eigenvalue weighted by molar-refractivity contribution is 5.33. The average molecular weight is 153 g/mol. The zero-order valence-electron chi connectivity index (χ0n) is 5.86. The van der Waals surface area contributed by atoms with Crippen molar-refractivity contribution < 1.29 is 8.78 Å². The molecule has 1 aromatic carbocycles. The van der Waals surface area contributed by atoms with Crippen LogP contribution >= 0.6 is 0 Å². The van der Waals surface area contributed by atoms with Gasteiger partial charge in [-0.3, -0.25) is 0 Å². The quantitative estimate of drug-likeness (QED) is 0.560. The maximum absolute atomic E-state index is 12.7. The van der Waals surface area contributed by atoms with E-state index >= 15 is 0 Å². The van der Waals surface area contributed by atoms with E-state index in [4.69, 9.17) is 5.26 Å². The molecule has 0 aliphatic rings. The Morgan fingerprint density at radius 3 is 2.45 bits per heavy atom. The van der Waals surface area contributed by atoms with Crippen molar-refractivity contribution in [3.63, 3.8) is 0 Å². The van der Waals surface area contributed by atoms with E-state index in [1.165, 1.54) is 19.1 Å². The lowest BCUT2D eigenvalue weighted by atomic mass is 10.1. The predicted octanol–water partition coefficient (Wildman–Crippen LogP) is 2.14. The molecule has 0 aromatic heterocycles. The summed E-state index contributed by atoms with van der Waals surface area (Å²) in [6.07, 6.45) is 0. The van der Waals surface area contributed by atoms with Gasteiger partial charge in [0, 0.05) is 0 Å². The predicted molar refractivity (Wildman–Crippen MR) is 35.8 cm³/mol. The third kappa shape index (κ3) is 1.20. The van der Waals surface area contributed by atoms with Gasteiger partial charge in [-0.15, -0.1) is 0 Å². The number of aryl methyl sites for hydroxylation is 1. The second kappa shape index (κ2) is 2.67. The van der Waals surface area contributed by atoms with Crippen molar-refractivity contribution in [2.24, 2.45) is 0 Å². The van der Waals surface area contributed by atoms with Crippen LogP contribution in [0.1, 0.15) is 11.1 Å². The molecule has 0 saturated heterocycles. The van der Waals surface area contributed by atoms with Gasteiger partial charge in [0.2, 0.25) is 0 Å². The molecule has 1 aromatic rings. The Hall–Kier alpha value is -1.43. The smallest absolute Gasteiger partial charge is 0.176 e. The number of rotatable bonds is 0. The number of halogens is 2. The maximum Gasteiger partial charge on any atom is 0.176 e. The highest BCUT2D eigenvalue weighted by Gasteiger charge is 2.09. The summed E-state index contributed by atoms with van der Waals surface area (Å²) in [6, 6.07) is 4.18. The van der Waals surface area contributed by atoms with Gasteiger partial charge in [-0.25, -0.2) is 8.78 Å². The third-order valence-corrected chi connectivity index (χ3v) is 1.40. The molecule has 0 saturated carbocycles. The summed E-state index contributed by atoms with van der Waals surface area (Å²) in [5, 5.41) is 8.28. The van der Waals surface area contributed by atoms with Crippen LogP contribution in [0, 0.1) is 29.9 Å². The first-order chi connectivity index (χ1) is 5.16. The summed E-state index contributed by atoms with van der Waals surface area (Å²) in [7, 11) is 0. The first-order valence-corrected chi connectivity index (χ1v) is 3.01. The molecule has 1 nitrogen and oxygen atoms in total. The van der Waals surface area contributed by atoms with Crippen LogP contribution in [-0.4, -0.2) is 0 Å². The Balaban J connectivity index is 3.40. The summed E-state index contributed by atoms with van der Waals surface area (Å²) in [5.41, 5.74) is -0.0467. The fraction of sp³-hybridized carbons (Fsp3) is 0.125. The highest BCUT2D eigenvalue weighted by Crippen LogP contribution is 2.14. The van der Waals surface area contributed by atoms with E-state index in [1.807, 2.05) is 0 Å². The van der Waals surface area contributed by atoms with Crippen molar-refractivity contribution in [3.8, 4) is 6.07 Å². The third-order valence-electron chi connectivity index (χ3n) is 1.40. The van der Waals surface area contributed by atoms with E-state index in [0.29, 0.717) is 0 Å². The molecule has 0 N–H and O–H groups in total. The average Bonchev–Trinajstić information content (AvgIpc) is 2.01. The number of nitrogens with zero attached hydrogens (tertiary/aromatic N) is 1. The summed E-state index contributed by atoms with van der Waals surface area (Å²) in [6.45, 7) is 1.44. The minimum Gasteiger partial charge on any atom is -0.203 e. The fourth-order valence-electron chi connectivity index (χ4n) is 0.732. The van der Waals surface area contributed by atoms with Crippen molar-refractivity contribution in [2.45, 2.75) is 6.92 Å². The Morgan fingerprint density at radius 2 is 1.91 bits per heavy atom. The normalized spacial score (nSPS) is 9.27. The molecule has 11 heavy (non-hydrogen) atoms. The molecule has 0 amide bonds. The van der Waals surface area contributed by atoms with E-state index in [-0.39, 0.29) is 11.1 Å². The number of benzene rings is 1. The van der Waals surface area contributed by atoms with Crippen LogP contribution in [0.4, 0.5) is 8.78 Å². The Bertz CT molecular complexity index is 326. The van der Waals surface area contributed by atoms with Gasteiger partial charge in [0.15, 0.2) is 11.6 Å². The van der Waals surface area contributed by atoms with Crippen LogP contribution < -0.4 is 0 Å². The van der Waals surface area contributed by atoms with Crippen molar-refractivity contribution >= 4 is 0 Å². The van der Waals surface area contributed by atoms with E-state index in [9.17, 15) is 8.78 Å². The molecule has 3 heteroatoms. The molecule has 0 spiro atoms. The van der Waals surface area contributed by atoms with Crippen LogP contribution in [0.15, 0.2) is 12.1 Å². The lowest BCUT2D eigenvalue weighted by Crippen LogP contribution is -1.92. The molecule has 0 aliphatic heterocycles. The van der Waals surface area contributed by atoms with Gasteiger partial charge in [-0.2, -0.15) is 5.26 Å². The van der Waals surface area contributed by atoms with Crippen molar-refractivity contribution in [1.82, 2.24) is 0 Å². The molecule has 0 unspecified atom stereocenters. The van der Waals surface area contributed by atoms with Crippen LogP contribution in [0.2, 0.25) is 0 Å². The fourth-order valence-corrected chi connectivity index (χ4v) is 0.732. The van der Waals surface area contributed by atoms with E-state index < -0.39 is 11.6 Å². The number of nitriles is 1. The number of hydrogen-bond donors (Lipinski definition) is 0. The Labute approximate surface area is 62.9 Å². The lowest BCUT2D eigenvalue weighted by molar-refractivity contribution is 0.501. The van der Waals surface area contributed by atoms with Gasteiger partial charge in [0.1, 0.15) is 6.07 Å². The topological polar surface area (TPSA) is 23.8 Å². The van der Waals surface area contributed by atoms with E-state index in [0.717, 1.165) is 0 Å². The van der Waals surface area contributed by atoms with Crippen molar-refractivity contribution in [3.05, 3.63) is 34.9 Å². The molecule has 0 aliphatic carbocycles. The Kier molecular flexibility index (Phi) is 1.86. The molecule has 56 valence electrons. The van der Waals surface area contributed by atoms with Gasteiger partial charge in [-0.1, -0.05) is 6.07 Å². The molecule has 0 heterocycles. The SMILES string of the molecule is Cc1ccc(C#N)c(F)c1F. The van der Waals surface area contributed by atoms with Crippen molar-refractivity contribution in [1.29, 1.82) is 5.26 Å². The van der Waals surface area contributed by atoms with Gasteiger partial charge < -0.3 is 0 Å². The first kappa shape index (κ1) is 7.67. The molecule has 0 bridgehead atoms. The summed E-state index contributed by atoms with van der Waals surface area (Å²) >= 11 is 0. The molecule has 0 fully saturated rings. The van der Waals surface area contributed by atoms with Crippen LogP contribution in [-0.2, 0) is 0 Å². The second-order valence-electron chi connectivity index (χ2n) is 2.17. The molecular weight excluding hydrogens is 148 g/mol. The highest BCUT2D eigenvalue weighted by atomic mass is 19.2. The minimum absolute atomic E-state index is 0.210. The van der Waals surface area contributed by atoms with Crippen LogP contribution in [0.3, 0.4) is 0 Å². The summed E-state index contributed by atoms with van der Waals surface area (Å²) in [4.78, 5) is 0. The Morgan fingerprint density at radius 1 is 1.27 bits per heavy atom. The largest absolute Gasteiger partial charge is 0.203 e. The van der Waals surface area contributed by atoms with Crippen LogP contribution in [0.25, 0.3) is 0 Å². The zero-order valence-corrected chi connectivity index (χ0v) is 5.86. The minimum atomic E-state index is -1.06. The van der Waals surface area contributed by atoms with Gasteiger partial charge >= 0.3 is 0 Å². The second-order valence-corrected chi connectivity index (χ2v) is 2.17. The molecule has 0 radical (unpaired) electrons. The maximum atomic E-state index is 12.7. The van der Waals surface area contributed by atoms with Crippen molar-refractivity contribution in [2.75, 3.05) is 0 Å². The van der Waals surface area contributed by atoms with Gasteiger partial charge in [0.25, 0.3) is 0 Å². The summed E-state index contributed by atoms with van der Waals surface area (Å²) < 4.78 is 25.3. The first-order valence-electron chi connectivity index (χ1n) is 3.01. The van der Waals surface area contributed by atoms with Crippen LogP contribution in [0.5, 0.6) is 0 Å². The van der Waals surface area contributed by atoms with E-state index in [1.54, 1.807) is 6.07 Å². The van der Waals surface area contributed by atoms with E-state index in [2.05, 4.69) is 0 Å². The lowest BCUT2D eigenvalue weighted by Gasteiger charge is -1.97. The zero-order chi connectivity index (χ0) is 8.43. The monoisotopic (exact) mass is 153 g/mol. The standard InChI is InChI=1S/C8H5F2N/c1-5-2-3-6(4-11)8(10)7(5)9/h2-3H,1H3. The molecule has 0 atom stereocenters. The molecule has 1 rings (SSSR count). The summed E-state index contributed by atoms with van der Waals surface area (Å²) in [5.74, 6) is -2.00. The van der Waals surface area contributed by atoms with Gasteiger partial charge in [0.05, 0.1) is 5.56 Å². The molecular formula is C8H5F2N. The van der Waals surface area contributed by atoms with Gasteiger partial charge in [-0.05, 0) is 18.6 Å². The number of hydrogen-bond acceptors (Lipinski definition) is 1.